The second-order valence-corrected chi connectivity index (χ2v) is 4.47. The Kier molecular flexibility index (Phi) is 5.11. The smallest absolute Gasteiger partial charge is 0.159 e. The van der Waals surface area contributed by atoms with Gasteiger partial charge in [-0.3, -0.25) is 0 Å². The van der Waals surface area contributed by atoms with Gasteiger partial charge in [0, 0.05) is 6.54 Å². The molecule has 0 bridgehead atoms. The van der Waals surface area contributed by atoms with Crippen LogP contribution in [0.3, 0.4) is 0 Å². The minimum absolute atomic E-state index is 0.0346. The van der Waals surface area contributed by atoms with Crippen LogP contribution in [0.4, 0.5) is 17.3 Å². The van der Waals surface area contributed by atoms with Crippen molar-refractivity contribution in [3.05, 3.63) is 42.2 Å². The van der Waals surface area contributed by atoms with E-state index in [0.29, 0.717) is 23.9 Å². The number of hydrogen-bond acceptors (Lipinski definition) is 7. The van der Waals surface area contributed by atoms with Crippen molar-refractivity contribution in [2.24, 2.45) is 0 Å². The van der Waals surface area contributed by atoms with Gasteiger partial charge >= 0.3 is 0 Å². The first-order valence-corrected chi connectivity index (χ1v) is 6.63. The SMILES string of the molecule is N#CCN(CC#N)c1ncnc(NCc2ccccc2)c1N. The number of nitrogens with two attached hydrogens (primary N) is 1. The van der Waals surface area contributed by atoms with E-state index in [4.69, 9.17) is 16.3 Å². The Balaban J connectivity index is 2.18. The Morgan fingerprint density at radius 3 is 2.41 bits per heavy atom. The number of rotatable bonds is 6. The Hall–Kier alpha value is -3.32. The lowest BCUT2D eigenvalue weighted by Gasteiger charge is -2.19. The van der Waals surface area contributed by atoms with E-state index >= 15 is 0 Å². The number of hydrogen-bond donors (Lipinski definition) is 2. The van der Waals surface area contributed by atoms with Crippen LogP contribution < -0.4 is 16.0 Å². The van der Waals surface area contributed by atoms with Gasteiger partial charge in [0.2, 0.25) is 0 Å². The lowest BCUT2D eigenvalue weighted by atomic mass is 10.2. The molecule has 110 valence electrons. The van der Waals surface area contributed by atoms with Crippen LogP contribution in [0.5, 0.6) is 0 Å². The Bertz CT molecular complexity index is 684. The molecule has 0 fully saturated rings. The van der Waals surface area contributed by atoms with Gasteiger partial charge in [0.05, 0.1) is 12.1 Å². The van der Waals surface area contributed by atoms with Gasteiger partial charge in [0.1, 0.15) is 25.1 Å². The van der Waals surface area contributed by atoms with Crippen molar-refractivity contribution in [1.82, 2.24) is 9.97 Å². The molecule has 1 aromatic heterocycles. The zero-order valence-electron chi connectivity index (χ0n) is 11.9. The first-order chi connectivity index (χ1) is 10.8. The van der Waals surface area contributed by atoms with Gasteiger partial charge in [-0.2, -0.15) is 10.5 Å². The topological polar surface area (TPSA) is 115 Å². The molecule has 2 rings (SSSR count). The fourth-order valence-electron chi connectivity index (χ4n) is 1.94. The van der Waals surface area contributed by atoms with Crippen molar-refractivity contribution >= 4 is 17.3 Å². The van der Waals surface area contributed by atoms with E-state index in [-0.39, 0.29) is 13.1 Å². The second kappa shape index (κ2) is 7.46. The van der Waals surface area contributed by atoms with Crippen molar-refractivity contribution in [2.75, 3.05) is 29.0 Å². The van der Waals surface area contributed by atoms with E-state index in [9.17, 15) is 0 Å². The molecule has 7 heteroatoms. The largest absolute Gasteiger partial charge is 0.393 e. The molecular weight excluding hydrogens is 278 g/mol. The van der Waals surface area contributed by atoms with E-state index < -0.39 is 0 Å². The molecule has 0 atom stereocenters. The van der Waals surface area contributed by atoms with E-state index in [1.807, 2.05) is 42.5 Å². The van der Waals surface area contributed by atoms with Gasteiger partial charge in [-0.15, -0.1) is 0 Å². The first-order valence-electron chi connectivity index (χ1n) is 6.63. The normalized spacial score (nSPS) is 9.55. The molecule has 3 N–H and O–H groups in total. The number of nitrogens with zero attached hydrogens (tertiary/aromatic N) is 5. The van der Waals surface area contributed by atoms with Gasteiger partial charge in [0.15, 0.2) is 11.6 Å². The summed E-state index contributed by atoms with van der Waals surface area (Å²) in [6.07, 6.45) is 1.36. The molecule has 0 aliphatic rings. The summed E-state index contributed by atoms with van der Waals surface area (Å²) in [4.78, 5) is 9.70. The Labute approximate surface area is 128 Å². The molecule has 1 heterocycles. The van der Waals surface area contributed by atoms with Crippen molar-refractivity contribution in [3.8, 4) is 12.1 Å². The van der Waals surface area contributed by atoms with Gasteiger partial charge in [0.25, 0.3) is 0 Å². The van der Waals surface area contributed by atoms with Crippen LogP contribution in [0.2, 0.25) is 0 Å². The monoisotopic (exact) mass is 293 g/mol. The number of nitrogens with one attached hydrogen (secondary N) is 1. The van der Waals surface area contributed by atoms with Crippen molar-refractivity contribution in [3.63, 3.8) is 0 Å². The number of aromatic nitrogens is 2. The van der Waals surface area contributed by atoms with Crippen LogP contribution in [-0.2, 0) is 6.54 Å². The van der Waals surface area contributed by atoms with Crippen LogP contribution in [0.25, 0.3) is 0 Å². The molecular formula is C15H15N7. The summed E-state index contributed by atoms with van der Waals surface area (Å²) in [5.41, 5.74) is 7.47. The summed E-state index contributed by atoms with van der Waals surface area (Å²) in [7, 11) is 0. The minimum Gasteiger partial charge on any atom is -0.393 e. The summed E-state index contributed by atoms with van der Waals surface area (Å²) in [5.74, 6) is 0.864. The molecule has 0 aliphatic carbocycles. The maximum Gasteiger partial charge on any atom is 0.159 e. The van der Waals surface area contributed by atoms with E-state index in [1.54, 1.807) is 0 Å². The highest BCUT2D eigenvalue weighted by molar-refractivity contribution is 5.75. The lowest BCUT2D eigenvalue weighted by Crippen LogP contribution is -2.26. The fraction of sp³-hybridized carbons (Fsp3) is 0.200. The van der Waals surface area contributed by atoms with Crippen LogP contribution in [0.1, 0.15) is 5.56 Å². The minimum atomic E-state index is 0.0346. The maximum absolute atomic E-state index is 8.84. The maximum atomic E-state index is 8.84. The fourth-order valence-corrected chi connectivity index (χ4v) is 1.94. The molecule has 0 radical (unpaired) electrons. The lowest BCUT2D eigenvalue weighted by molar-refractivity contribution is 0.927. The van der Waals surface area contributed by atoms with Crippen molar-refractivity contribution in [2.45, 2.75) is 6.54 Å². The molecule has 22 heavy (non-hydrogen) atoms. The van der Waals surface area contributed by atoms with Gasteiger partial charge in [-0.25, -0.2) is 9.97 Å². The molecule has 7 nitrogen and oxygen atoms in total. The molecule has 0 amide bonds. The Morgan fingerprint density at radius 1 is 1.09 bits per heavy atom. The molecule has 0 saturated carbocycles. The summed E-state index contributed by atoms with van der Waals surface area (Å²) in [5, 5.41) is 20.8. The number of nitrogen functional groups attached to an aromatic ring is 1. The van der Waals surface area contributed by atoms with Crippen LogP contribution in [0.15, 0.2) is 36.7 Å². The van der Waals surface area contributed by atoms with E-state index in [0.717, 1.165) is 5.56 Å². The standard InChI is InChI=1S/C15H15N7/c16-6-8-22(9-7-17)15-13(18)14(20-11-21-15)19-10-12-4-2-1-3-5-12/h1-5,11H,8-10,18H2,(H,19,20,21). The van der Waals surface area contributed by atoms with E-state index in [2.05, 4.69) is 15.3 Å². The second-order valence-electron chi connectivity index (χ2n) is 4.47. The summed E-state index contributed by atoms with van der Waals surface area (Å²) < 4.78 is 0. The van der Waals surface area contributed by atoms with Crippen LogP contribution in [-0.4, -0.2) is 23.1 Å². The molecule has 0 saturated heterocycles. The number of nitriles is 2. The third kappa shape index (κ3) is 3.62. The van der Waals surface area contributed by atoms with Gasteiger partial charge < -0.3 is 16.0 Å². The molecule has 0 unspecified atom stereocenters. The number of anilines is 3. The van der Waals surface area contributed by atoms with Crippen molar-refractivity contribution in [1.29, 1.82) is 10.5 Å². The van der Waals surface area contributed by atoms with E-state index in [1.165, 1.54) is 11.2 Å². The summed E-state index contributed by atoms with van der Waals surface area (Å²) in [6.45, 7) is 0.637. The molecule has 2 aromatic rings. The predicted molar refractivity (Wildman–Crippen MR) is 83.7 cm³/mol. The quantitative estimate of drug-likeness (QED) is 0.776. The van der Waals surface area contributed by atoms with Gasteiger partial charge in [-0.1, -0.05) is 30.3 Å². The summed E-state index contributed by atoms with van der Waals surface area (Å²) >= 11 is 0. The molecule has 1 aromatic carbocycles. The van der Waals surface area contributed by atoms with Crippen molar-refractivity contribution < 1.29 is 0 Å². The molecule has 0 spiro atoms. The first kappa shape index (κ1) is 15.1. The third-order valence-electron chi connectivity index (χ3n) is 2.99. The Morgan fingerprint density at radius 2 is 1.77 bits per heavy atom. The average molecular weight is 293 g/mol. The zero-order chi connectivity index (χ0) is 15.8. The number of benzene rings is 1. The highest BCUT2D eigenvalue weighted by Gasteiger charge is 2.14. The third-order valence-corrected chi connectivity index (χ3v) is 2.99. The highest BCUT2D eigenvalue weighted by atomic mass is 15.2. The van der Waals surface area contributed by atoms with Gasteiger partial charge in [-0.05, 0) is 5.56 Å². The average Bonchev–Trinajstić information content (AvgIpc) is 2.55. The zero-order valence-corrected chi connectivity index (χ0v) is 11.9. The molecule has 0 aliphatic heterocycles. The predicted octanol–water partition coefficient (Wildman–Crippen LogP) is 1.52. The van der Waals surface area contributed by atoms with Crippen LogP contribution in [0, 0.1) is 22.7 Å². The highest BCUT2D eigenvalue weighted by Crippen LogP contribution is 2.26. The summed E-state index contributed by atoms with van der Waals surface area (Å²) in [6, 6.07) is 13.8. The van der Waals surface area contributed by atoms with Crippen LogP contribution >= 0.6 is 0 Å².